The van der Waals surface area contributed by atoms with Crippen LogP contribution in [-0.2, 0) is 11.2 Å². The number of amides is 1. The van der Waals surface area contributed by atoms with E-state index in [1.54, 1.807) is 14.2 Å². The molecule has 1 heterocycles. The first-order valence-electron chi connectivity index (χ1n) is 12.2. The zero-order valence-electron chi connectivity index (χ0n) is 21.2. The van der Waals surface area contributed by atoms with Crippen LogP contribution in [0, 0.1) is 6.92 Å². The Labute approximate surface area is 209 Å². The third-order valence-corrected chi connectivity index (χ3v) is 6.13. The van der Waals surface area contributed by atoms with Gasteiger partial charge in [0.25, 0.3) is 0 Å². The molecule has 35 heavy (non-hydrogen) atoms. The van der Waals surface area contributed by atoms with Gasteiger partial charge in [0.15, 0.2) is 0 Å². The molecule has 1 amide bonds. The predicted molar refractivity (Wildman–Crippen MR) is 142 cm³/mol. The number of nitrogens with one attached hydrogen (secondary N) is 1. The molecule has 3 rings (SSSR count). The summed E-state index contributed by atoms with van der Waals surface area (Å²) in [5.74, 6) is 1.71. The predicted octanol–water partition coefficient (Wildman–Crippen LogP) is 6.15. The lowest BCUT2D eigenvalue weighted by atomic mass is 9.96. The number of ether oxygens (including phenoxy) is 2. The van der Waals surface area contributed by atoms with Crippen molar-refractivity contribution in [3.8, 4) is 11.5 Å². The minimum Gasteiger partial charge on any atom is -0.497 e. The first-order chi connectivity index (χ1) is 17.0. The molecule has 1 N–H and O–H groups in total. The number of pyridine rings is 1. The monoisotopic (exact) mass is 472 g/mol. The highest BCUT2D eigenvalue weighted by Gasteiger charge is 2.10. The molecule has 3 aromatic rings. The molecular formula is C30H36N2O3. The van der Waals surface area contributed by atoms with Gasteiger partial charge in [-0.3, -0.25) is 9.78 Å². The zero-order chi connectivity index (χ0) is 25.0. The van der Waals surface area contributed by atoms with Crippen LogP contribution in [0.1, 0.15) is 55.0 Å². The van der Waals surface area contributed by atoms with Crippen LogP contribution in [0.3, 0.4) is 0 Å². The van der Waals surface area contributed by atoms with Crippen molar-refractivity contribution in [3.63, 3.8) is 0 Å². The number of methoxy groups -OCH3 is 2. The summed E-state index contributed by atoms with van der Waals surface area (Å²) in [4.78, 5) is 16.9. The average molecular weight is 473 g/mol. The molecule has 5 nitrogen and oxygen atoms in total. The lowest BCUT2D eigenvalue weighted by Crippen LogP contribution is -2.32. The standard InChI is InChI=1S/C30H36N2O3/c1-22(8-5-9-24-10-7-21-31-23(24)2)32-30(33)12-6-11-29(25-13-17-27(34-3)18-14-25)26-15-19-28(35-4)20-16-26/h7,10-11,13-22H,5-6,8-9,12H2,1-4H3,(H,32,33)/t22-/m1/s1. The maximum Gasteiger partial charge on any atom is 0.220 e. The maximum absolute atomic E-state index is 12.6. The summed E-state index contributed by atoms with van der Waals surface area (Å²) < 4.78 is 10.6. The van der Waals surface area contributed by atoms with E-state index in [4.69, 9.17) is 9.47 Å². The molecule has 0 unspecified atom stereocenters. The van der Waals surface area contributed by atoms with E-state index in [-0.39, 0.29) is 11.9 Å². The van der Waals surface area contributed by atoms with Gasteiger partial charge in [-0.25, -0.2) is 0 Å². The van der Waals surface area contributed by atoms with E-state index in [1.807, 2.05) is 67.7 Å². The van der Waals surface area contributed by atoms with Gasteiger partial charge < -0.3 is 14.8 Å². The second-order valence-electron chi connectivity index (χ2n) is 8.72. The van der Waals surface area contributed by atoms with Crippen LogP contribution in [0.5, 0.6) is 11.5 Å². The number of allylic oxidation sites excluding steroid dienone is 1. The summed E-state index contributed by atoms with van der Waals surface area (Å²) in [5.41, 5.74) is 5.61. The molecule has 0 fully saturated rings. The summed E-state index contributed by atoms with van der Waals surface area (Å²) in [7, 11) is 3.32. The van der Waals surface area contributed by atoms with Crippen LogP contribution >= 0.6 is 0 Å². The number of nitrogens with zero attached hydrogens (tertiary/aromatic N) is 1. The number of hydrogen-bond donors (Lipinski definition) is 1. The minimum absolute atomic E-state index is 0.0788. The van der Waals surface area contributed by atoms with E-state index in [0.717, 1.165) is 53.2 Å². The normalized spacial score (nSPS) is 11.4. The van der Waals surface area contributed by atoms with Gasteiger partial charge >= 0.3 is 0 Å². The van der Waals surface area contributed by atoms with Crippen molar-refractivity contribution in [1.82, 2.24) is 10.3 Å². The smallest absolute Gasteiger partial charge is 0.220 e. The molecule has 0 saturated heterocycles. The number of hydrogen-bond acceptors (Lipinski definition) is 4. The largest absolute Gasteiger partial charge is 0.497 e. The van der Waals surface area contributed by atoms with E-state index in [9.17, 15) is 4.79 Å². The summed E-state index contributed by atoms with van der Waals surface area (Å²) in [6, 6.07) is 20.2. The first-order valence-corrected chi connectivity index (χ1v) is 12.2. The lowest BCUT2D eigenvalue weighted by molar-refractivity contribution is -0.121. The molecule has 0 spiro atoms. The first kappa shape index (κ1) is 26.0. The number of aryl methyl sites for hydroxylation is 2. The lowest BCUT2D eigenvalue weighted by Gasteiger charge is -2.14. The molecule has 0 bridgehead atoms. The van der Waals surface area contributed by atoms with E-state index < -0.39 is 0 Å². The Hall–Kier alpha value is -3.60. The molecule has 184 valence electrons. The van der Waals surface area contributed by atoms with Crippen molar-refractivity contribution < 1.29 is 14.3 Å². The van der Waals surface area contributed by atoms with Gasteiger partial charge in [0.05, 0.1) is 14.2 Å². The van der Waals surface area contributed by atoms with Gasteiger partial charge in [-0.1, -0.05) is 36.4 Å². The Morgan fingerprint density at radius 2 is 1.57 bits per heavy atom. The molecule has 0 aliphatic carbocycles. The van der Waals surface area contributed by atoms with Gasteiger partial charge in [-0.2, -0.15) is 0 Å². The minimum atomic E-state index is 0.0788. The fourth-order valence-electron chi connectivity index (χ4n) is 4.09. The number of carbonyl (C=O) groups is 1. The van der Waals surface area contributed by atoms with Crippen LogP contribution in [0.4, 0.5) is 0 Å². The molecule has 0 saturated carbocycles. The Kier molecular flexibility index (Phi) is 9.91. The molecule has 1 atom stereocenters. The highest BCUT2D eigenvalue weighted by Crippen LogP contribution is 2.27. The average Bonchev–Trinajstić information content (AvgIpc) is 2.88. The summed E-state index contributed by atoms with van der Waals surface area (Å²) >= 11 is 0. The second-order valence-corrected chi connectivity index (χ2v) is 8.72. The van der Waals surface area contributed by atoms with Crippen LogP contribution in [-0.4, -0.2) is 31.2 Å². The third-order valence-electron chi connectivity index (χ3n) is 6.13. The summed E-state index contributed by atoms with van der Waals surface area (Å²) in [5, 5.41) is 3.15. The SMILES string of the molecule is COc1ccc(C(=CCCC(=O)N[C@H](C)CCCc2cccnc2C)c2ccc(OC)cc2)cc1. The Morgan fingerprint density at radius 1 is 0.971 bits per heavy atom. The molecule has 1 aromatic heterocycles. The van der Waals surface area contributed by atoms with Crippen LogP contribution in [0.2, 0.25) is 0 Å². The van der Waals surface area contributed by atoms with Gasteiger partial charge in [0, 0.05) is 24.4 Å². The maximum atomic E-state index is 12.6. The quantitative estimate of drug-likeness (QED) is 0.344. The van der Waals surface area contributed by atoms with Gasteiger partial charge in [-0.05, 0) is 92.1 Å². The molecular weight excluding hydrogens is 436 g/mol. The Balaban J connectivity index is 1.57. The molecule has 0 aliphatic heterocycles. The molecule has 2 aromatic carbocycles. The molecule has 5 heteroatoms. The van der Waals surface area contributed by atoms with Crippen LogP contribution < -0.4 is 14.8 Å². The fourth-order valence-corrected chi connectivity index (χ4v) is 4.09. The number of carbonyl (C=O) groups excluding carboxylic acids is 1. The van der Waals surface area contributed by atoms with Gasteiger partial charge in [0.1, 0.15) is 11.5 Å². The van der Waals surface area contributed by atoms with Crippen LogP contribution in [0.25, 0.3) is 5.57 Å². The van der Waals surface area contributed by atoms with E-state index in [1.165, 1.54) is 5.56 Å². The highest BCUT2D eigenvalue weighted by molar-refractivity contribution is 5.81. The van der Waals surface area contributed by atoms with Crippen molar-refractivity contribution >= 4 is 11.5 Å². The van der Waals surface area contributed by atoms with Crippen molar-refractivity contribution in [3.05, 3.63) is 95.3 Å². The van der Waals surface area contributed by atoms with E-state index >= 15 is 0 Å². The number of rotatable bonds is 12. The summed E-state index contributed by atoms with van der Waals surface area (Å²) in [6.07, 6.45) is 8.01. The van der Waals surface area contributed by atoms with Crippen molar-refractivity contribution in [1.29, 1.82) is 0 Å². The van der Waals surface area contributed by atoms with Crippen molar-refractivity contribution in [2.75, 3.05) is 14.2 Å². The van der Waals surface area contributed by atoms with Crippen molar-refractivity contribution in [2.24, 2.45) is 0 Å². The number of aromatic nitrogens is 1. The molecule has 0 radical (unpaired) electrons. The van der Waals surface area contributed by atoms with Gasteiger partial charge in [0.2, 0.25) is 5.91 Å². The second kappa shape index (κ2) is 13.3. The highest BCUT2D eigenvalue weighted by atomic mass is 16.5. The van der Waals surface area contributed by atoms with E-state index in [2.05, 4.69) is 29.4 Å². The zero-order valence-corrected chi connectivity index (χ0v) is 21.2. The topological polar surface area (TPSA) is 60.5 Å². The van der Waals surface area contributed by atoms with Crippen LogP contribution in [0.15, 0.2) is 72.9 Å². The summed E-state index contributed by atoms with van der Waals surface area (Å²) in [6.45, 7) is 4.12. The third kappa shape index (κ3) is 7.99. The van der Waals surface area contributed by atoms with Crippen molar-refractivity contribution in [2.45, 2.75) is 52.0 Å². The Morgan fingerprint density at radius 3 is 2.11 bits per heavy atom. The van der Waals surface area contributed by atoms with E-state index in [0.29, 0.717) is 12.8 Å². The molecule has 0 aliphatic rings. The number of benzene rings is 2. The Bertz CT molecular complexity index is 1060. The fraction of sp³-hybridized carbons (Fsp3) is 0.333. The van der Waals surface area contributed by atoms with Gasteiger partial charge in [-0.15, -0.1) is 0 Å².